The molecule has 0 bridgehead atoms. The highest BCUT2D eigenvalue weighted by Crippen LogP contribution is 2.36. The lowest BCUT2D eigenvalue weighted by Gasteiger charge is -2.19. The van der Waals surface area contributed by atoms with Crippen LogP contribution in [0.5, 0.6) is 5.75 Å². The Balaban J connectivity index is 1.96. The van der Waals surface area contributed by atoms with E-state index in [1.807, 2.05) is 25.3 Å². The number of hydrogen-bond donors (Lipinski definition) is 1. The van der Waals surface area contributed by atoms with Gasteiger partial charge in [0.2, 0.25) is 0 Å². The SMILES string of the molecule is CCN(CC)CCOc1cc(-c2nc(SC)nc3nc[nH]c23)c(Cl)cc1C. The van der Waals surface area contributed by atoms with E-state index < -0.39 is 0 Å². The summed E-state index contributed by atoms with van der Waals surface area (Å²) in [6.07, 6.45) is 3.56. The zero-order valence-corrected chi connectivity index (χ0v) is 17.6. The van der Waals surface area contributed by atoms with Crippen LogP contribution < -0.4 is 4.74 Å². The number of nitrogens with zero attached hydrogens (tertiary/aromatic N) is 4. The number of aromatic amines is 1. The lowest BCUT2D eigenvalue weighted by atomic mass is 10.1. The van der Waals surface area contributed by atoms with Gasteiger partial charge in [-0.2, -0.15) is 0 Å². The molecule has 0 aliphatic carbocycles. The molecule has 0 atom stereocenters. The maximum atomic E-state index is 6.56. The van der Waals surface area contributed by atoms with Crippen molar-refractivity contribution in [1.82, 2.24) is 24.8 Å². The molecule has 0 spiro atoms. The van der Waals surface area contributed by atoms with E-state index in [-0.39, 0.29) is 0 Å². The number of H-pyrrole nitrogens is 1. The first-order valence-electron chi connectivity index (χ1n) is 8.98. The minimum absolute atomic E-state index is 0.628. The molecule has 0 fully saturated rings. The van der Waals surface area contributed by atoms with Crippen molar-refractivity contribution in [3.63, 3.8) is 0 Å². The Morgan fingerprint density at radius 1 is 1.22 bits per heavy atom. The summed E-state index contributed by atoms with van der Waals surface area (Å²) in [5.74, 6) is 0.818. The topological polar surface area (TPSA) is 66.9 Å². The number of likely N-dealkylation sites (N-methyl/N-ethyl adjacent to an activating group) is 1. The molecule has 1 aromatic carbocycles. The standard InChI is InChI=1S/C19H24ClN5OS/c1-5-25(6-2)7-8-26-15-10-13(14(20)9-12(15)3)16-17-18(22-11-21-17)24-19(23-16)27-4/h9-11H,5-8H2,1-4H3,(H,21,22,23,24). The Morgan fingerprint density at radius 3 is 2.70 bits per heavy atom. The first-order chi connectivity index (χ1) is 13.1. The van der Waals surface area contributed by atoms with Crippen LogP contribution in [0, 0.1) is 6.92 Å². The highest BCUT2D eigenvalue weighted by molar-refractivity contribution is 7.98. The third kappa shape index (κ3) is 4.36. The number of fused-ring (bicyclic) bond motifs is 1. The summed E-state index contributed by atoms with van der Waals surface area (Å²) in [5, 5.41) is 1.29. The number of halogens is 1. The number of thioether (sulfide) groups is 1. The van der Waals surface area contributed by atoms with Gasteiger partial charge in [-0.3, -0.25) is 0 Å². The number of rotatable bonds is 8. The number of ether oxygens (including phenoxy) is 1. The molecule has 0 aliphatic heterocycles. The predicted molar refractivity (Wildman–Crippen MR) is 112 cm³/mol. The van der Waals surface area contributed by atoms with E-state index in [4.69, 9.17) is 16.3 Å². The highest BCUT2D eigenvalue weighted by atomic mass is 35.5. The van der Waals surface area contributed by atoms with E-state index in [0.717, 1.165) is 47.7 Å². The van der Waals surface area contributed by atoms with Crippen molar-refractivity contribution >= 4 is 34.5 Å². The van der Waals surface area contributed by atoms with E-state index in [1.54, 1.807) is 6.33 Å². The molecule has 27 heavy (non-hydrogen) atoms. The molecule has 2 aromatic heterocycles. The van der Waals surface area contributed by atoms with Crippen LogP contribution in [0.2, 0.25) is 5.02 Å². The van der Waals surface area contributed by atoms with Crippen LogP contribution in [0.15, 0.2) is 23.6 Å². The molecule has 0 saturated heterocycles. The summed E-state index contributed by atoms with van der Waals surface area (Å²) in [7, 11) is 0. The van der Waals surface area contributed by atoms with Crippen LogP contribution >= 0.6 is 23.4 Å². The van der Waals surface area contributed by atoms with Crippen molar-refractivity contribution in [2.24, 2.45) is 0 Å². The average molecular weight is 406 g/mol. The van der Waals surface area contributed by atoms with Crippen LogP contribution in [0.4, 0.5) is 0 Å². The maximum Gasteiger partial charge on any atom is 0.190 e. The van der Waals surface area contributed by atoms with Gasteiger partial charge in [-0.15, -0.1) is 0 Å². The van der Waals surface area contributed by atoms with Crippen LogP contribution in [0.3, 0.4) is 0 Å². The molecule has 2 heterocycles. The summed E-state index contributed by atoms with van der Waals surface area (Å²) in [6.45, 7) is 9.86. The second-order valence-electron chi connectivity index (χ2n) is 6.13. The van der Waals surface area contributed by atoms with E-state index in [1.165, 1.54) is 11.8 Å². The van der Waals surface area contributed by atoms with E-state index in [2.05, 4.69) is 38.7 Å². The maximum absolute atomic E-state index is 6.56. The first-order valence-corrected chi connectivity index (χ1v) is 10.6. The summed E-state index contributed by atoms with van der Waals surface area (Å²) in [6, 6.07) is 3.89. The van der Waals surface area contributed by atoms with Gasteiger partial charge in [0.25, 0.3) is 0 Å². The predicted octanol–water partition coefficient (Wildman–Crippen LogP) is 4.42. The molecule has 0 radical (unpaired) electrons. The largest absolute Gasteiger partial charge is 0.492 e. The third-order valence-electron chi connectivity index (χ3n) is 4.53. The fourth-order valence-corrected chi connectivity index (χ4v) is 3.58. The van der Waals surface area contributed by atoms with Crippen molar-refractivity contribution in [2.45, 2.75) is 25.9 Å². The zero-order valence-electron chi connectivity index (χ0n) is 16.0. The smallest absolute Gasteiger partial charge is 0.190 e. The fraction of sp³-hybridized carbons (Fsp3) is 0.421. The molecular formula is C19H24ClN5OS. The van der Waals surface area contributed by atoms with Gasteiger partial charge >= 0.3 is 0 Å². The molecule has 6 nitrogen and oxygen atoms in total. The minimum atomic E-state index is 0.628. The zero-order chi connectivity index (χ0) is 19.4. The molecule has 0 aliphatic rings. The Hall–Kier alpha value is -1.83. The van der Waals surface area contributed by atoms with E-state index in [0.29, 0.717) is 22.4 Å². The number of nitrogens with one attached hydrogen (secondary N) is 1. The summed E-state index contributed by atoms with van der Waals surface area (Å²) in [5.41, 5.74) is 3.95. The van der Waals surface area contributed by atoms with Gasteiger partial charge in [0, 0.05) is 12.1 Å². The van der Waals surface area contributed by atoms with Crippen molar-refractivity contribution in [3.8, 4) is 17.0 Å². The second kappa shape index (κ2) is 8.91. The van der Waals surface area contributed by atoms with Crippen molar-refractivity contribution in [3.05, 3.63) is 29.0 Å². The monoisotopic (exact) mass is 405 g/mol. The number of aryl methyl sites for hydroxylation is 1. The second-order valence-corrected chi connectivity index (χ2v) is 7.31. The molecule has 3 aromatic rings. The average Bonchev–Trinajstić information content (AvgIpc) is 3.14. The number of imidazole rings is 1. The Labute approximate surface area is 168 Å². The summed E-state index contributed by atoms with van der Waals surface area (Å²) < 4.78 is 6.06. The minimum Gasteiger partial charge on any atom is -0.492 e. The van der Waals surface area contributed by atoms with Crippen LogP contribution in [0.25, 0.3) is 22.4 Å². The van der Waals surface area contributed by atoms with Crippen LogP contribution in [-0.4, -0.2) is 57.3 Å². The molecule has 144 valence electrons. The van der Waals surface area contributed by atoms with Gasteiger partial charge in [0.05, 0.1) is 11.3 Å². The Morgan fingerprint density at radius 2 is 2.00 bits per heavy atom. The summed E-state index contributed by atoms with van der Waals surface area (Å²) in [4.78, 5) is 18.8. The molecule has 1 N–H and O–H groups in total. The Kier molecular flexibility index (Phi) is 6.57. The van der Waals surface area contributed by atoms with Gasteiger partial charge < -0.3 is 14.6 Å². The van der Waals surface area contributed by atoms with Gasteiger partial charge in [0.15, 0.2) is 10.8 Å². The molecule has 0 saturated carbocycles. The molecular weight excluding hydrogens is 382 g/mol. The van der Waals surface area contributed by atoms with Gasteiger partial charge in [-0.1, -0.05) is 37.2 Å². The van der Waals surface area contributed by atoms with Gasteiger partial charge in [-0.25, -0.2) is 15.0 Å². The molecule has 0 amide bonds. The van der Waals surface area contributed by atoms with Gasteiger partial charge in [0.1, 0.15) is 23.6 Å². The Bertz CT molecular complexity index is 926. The highest BCUT2D eigenvalue weighted by Gasteiger charge is 2.17. The quantitative estimate of drug-likeness (QED) is 0.442. The first kappa shape index (κ1) is 19.9. The number of hydrogen-bond acceptors (Lipinski definition) is 6. The van der Waals surface area contributed by atoms with Crippen molar-refractivity contribution in [2.75, 3.05) is 32.5 Å². The van der Waals surface area contributed by atoms with Crippen molar-refractivity contribution < 1.29 is 4.74 Å². The number of aromatic nitrogens is 4. The fourth-order valence-electron chi connectivity index (χ4n) is 2.91. The molecule has 3 rings (SSSR count). The normalized spacial score (nSPS) is 11.5. The lowest BCUT2D eigenvalue weighted by molar-refractivity contribution is 0.222. The van der Waals surface area contributed by atoms with E-state index >= 15 is 0 Å². The number of benzene rings is 1. The van der Waals surface area contributed by atoms with Gasteiger partial charge in [-0.05, 0) is 44.0 Å². The molecule has 0 unspecified atom stereocenters. The van der Waals surface area contributed by atoms with E-state index in [9.17, 15) is 0 Å². The summed E-state index contributed by atoms with van der Waals surface area (Å²) >= 11 is 8.04. The van der Waals surface area contributed by atoms with Crippen LogP contribution in [-0.2, 0) is 0 Å². The lowest BCUT2D eigenvalue weighted by Crippen LogP contribution is -2.28. The van der Waals surface area contributed by atoms with Crippen molar-refractivity contribution in [1.29, 1.82) is 0 Å². The third-order valence-corrected chi connectivity index (χ3v) is 5.39. The molecule has 8 heteroatoms. The van der Waals surface area contributed by atoms with Crippen LogP contribution in [0.1, 0.15) is 19.4 Å².